The highest BCUT2D eigenvalue weighted by atomic mass is 16.6. The van der Waals surface area contributed by atoms with Crippen molar-refractivity contribution in [3.8, 4) is 0 Å². The molecule has 65 heavy (non-hydrogen) atoms. The molecule has 0 bridgehead atoms. The summed E-state index contributed by atoms with van der Waals surface area (Å²) in [5.41, 5.74) is 0. The second kappa shape index (κ2) is 52.4. The summed E-state index contributed by atoms with van der Waals surface area (Å²) in [6.07, 6.45) is 72.0. The molecule has 0 heterocycles. The quantitative estimate of drug-likeness (QED) is 0.0199. The molecule has 0 spiro atoms. The van der Waals surface area contributed by atoms with Crippen molar-refractivity contribution < 1.29 is 28.6 Å². The van der Waals surface area contributed by atoms with Crippen molar-refractivity contribution in [2.75, 3.05) is 13.2 Å². The lowest BCUT2D eigenvalue weighted by Gasteiger charge is -2.18. The summed E-state index contributed by atoms with van der Waals surface area (Å²) in [5, 5.41) is 0. The number of carbonyl (C=O) groups excluding carboxylic acids is 3. The Balaban J connectivity index is 4.51. The molecule has 6 nitrogen and oxygen atoms in total. The maximum Gasteiger partial charge on any atom is 0.306 e. The summed E-state index contributed by atoms with van der Waals surface area (Å²) in [6.45, 7) is 6.26. The lowest BCUT2D eigenvalue weighted by atomic mass is 10.1. The van der Waals surface area contributed by atoms with Crippen LogP contribution >= 0.6 is 0 Å². The number of unbranched alkanes of at least 4 members (excludes halogenated alkanes) is 15. The molecule has 366 valence electrons. The van der Waals surface area contributed by atoms with E-state index >= 15 is 0 Å². The van der Waals surface area contributed by atoms with Gasteiger partial charge >= 0.3 is 17.9 Å². The summed E-state index contributed by atoms with van der Waals surface area (Å²) in [6, 6.07) is 0. The van der Waals surface area contributed by atoms with Crippen LogP contribution in [0.5, 0.6) is 0 Å². The van der Waals surface area contributed by atoms with Gasteiger partial charge in [0.15, 0.2) is 6.10 Å². The van der Waals surface area contributed by atoms with Crippen LogP contribution in [-0.2, 0) is 28.6 Å². The molecule has 1 unspecified atom stereocenters. The Kier molecular flexibility index (Phi) is 49.1. The van der Waals surface area contributed by atoms with Gasteiger partial charge < -0.3 is 14.2 Å². The van der Waals surface area contributed by atoms with E-state index in [1.807, 2.05) is 12.2 Å². The van der Waals surface area contributed by atoms with Gasteiger partial charge in [-0.05, 0) is 109 Å². The Morgan fingerprint density at radius 1 is 0.338 bits per heavy atom. The van der Waals surface area contributed by atoms with Crippen LogP contribution in [0.1, 0.15) is 213 Å². The number of hydrogen-bond acceptors (Lipinski definition) is 6. The predicted octanol–water partition coefficient (Wildman–Crippen LogP) is 17.3. The van der Waals surface area contributed by atoms with E-state index in [1.54, 1.807) is 0 Å². The number of carbonyl (C=O) groups is 3. The maximum absolute atomic E-state index is 12.8. The number of rotatable bonds is 45. The third-order valence-electron chi connectivity index (χ3n) is 10.5. The molecule has 0 fully saturated rings. The van der Waals surface area contributed by atoms with Crippen molar-refractivity contribution in [1.82, 2.24) is 0 Å². The third kappa shape index (κ3) is 50.7. The van der Waals surface area contributed by atoms with Crippen LogP contribution < -0.4 is 0 Å². The molecule has 0 saturated carbocycles. The zero-order chi connectivity index (χ0) is 47.2. The largest absolute Gasteiger partial charge is 0.462 e. The Morgan fingerprint density at radius 3 is 1.12 bits per heavy atom. The molecule has 6 heteroatoms. The average molecular weight is 899 g/mol. The zero-order valence-electron chi connectivity index (χ0n) is 41.7. The van der Waals surface area contributed by atoms with Gasteiger partial charge in [-0.2, -0.15) is 0 Å². The molecule has 0 aromatic rings. The van der Waals surface area contributed by atoms with Crippen LogP contribution in [-0.4, -0.2) is 37.2 Å². The minimum Gasteiger partial charge on any atom is -0.462 e. The van der Waals surface area contributed by atoms with Gasteiger partial charge in [-0.25, -0.2) is 0 Å². The number of allylic oxidation sites excluding steroid dienone is 20. The molecule has 1 atom stereocenters. The third-order valence-corrected chi connectivity index (χ3v) is 10.5. The number of ether oxygens (including phenoxy) is 3. The molecular weight excluding hydrogens is 805 g/mol. The molecule has 0 rings (SSSR count). The fraction of sp³-hybridized carbons (Fsp3) is 0.610. The predicted molar refractivity (Wildman–Crippen MR) is 279 cm³/mol. The molecule has 0 aromatic carbocycles. The normalized spacial score (nSPS) is 13.1. The summed E-state index contributed by atoms with van der Waals surface area (Å²) < 4.78 is 16.7. The summed E-state index contributed by atoms with van der Waals surface area (Å²) in [4.78, 5) is 37.9. The molecule has 0 amide bonds. The topological polar surface area (TPSA) is 78.9 Å². The Labute approximate surface area is 399 Å². The van der Waals surface area contributed by atoms with Crippen LogP contribution in [0.4, 0.5) is 0 Å². The van der Waals surface area contributed by atoms with Gasteiger partial charge in [0.2, 0.25) is 0 Å². The molecule has 0 saturated heterocycles. The average Bonchev–Trinajstić information content (AvgIpc) is 3.30. The van der Waals surface area contributed by atoms with Gasteiger partial charge in [-0.3, -0.25) is 14.4 Å². The fourth-order valence-electron chi connectivity index (χ4n) is 6.61. The van der Waals surface area contributed by atoms with E-state index in [4.69, 9.17) is 14.2 Å². The summed E-state index contributed by atoms with van der Waals surface area (Å²) in [5.74, 6) is -1.06. The first-order chi connectivity index (χ1) is 32.0. The highest BCUT2D eigenvalue weighted by molar-refractivity contribution is 5.71. The van der Waals surface area contributed by atoms with Gasteiger partial charge in [0.25, 0.3) is 0 Å². The first kappa shape index (κ1) is 60.8. The number of esters is 3. The number of hydrogen-bond donors (Lipinski definition) is 0. The Morgan fingerprint density at radius 2 is 0.677 bits per heavy atom. The fourth-order valence-corrected chi connectivity index (χ4v) is 6.61. The van der Waals surface area contributed by atoms with Crippen molar-refractivity contribution in [2.45, 2.75) is 219 Å². The van der Waals surface area contributed by atoms with Gasteiger partial charge in [0, 0.05) is 19.3 Å². The van der Waals surface area contributed by atoms with Crippen molar-refractivity contribution in [3.63, 3.8) is 0 Å². The van der Waals surface area contributed by atoms with E-state index in [1.165, 1.54) is 77.0 Å². The zero-order valence-corrected chi connectivity index (χ0v) is 41.7. The first-order valence-electron chi connectivity index (χ1n) is 26.1. The van der Waals surface area contributed by atoms with E-state index in [-0.39, 0.29) is 38.0 Å². The maximum atomic E-state index is 12.8. The molecule has 0 aromatic heterocycles. The lowest BCUT2D eigenvalue weighted by molar-refractivity contribution is -0.166. The molecule has 0 radical (unpaired) electrons. The van der Waals surface area contributed by atoms with E-state index < -0.39 is 12.1 Å². The van der Waals surface area contributed by atoms with Crippen LogP contribution in [0.3, 0.4) is 0 Å². The van der Waals surface area contributed by atoms with Crippen LogP contribution in [0.15, 0.2) is 122 Å². The Hall–Kier alpha value is -4.19. The molecule has 0 aliphatic carbocycles. The summed E-state index contributed by atoms with van der Waals surface area (Å²) in [7, 11) is 0. The summed E-state index contributed by atoms with van der Waals surface area (Å²) >= 11 is 0. The van der Waals surface area contributed by atoms with Crippen LogP contribution in [0.2, 0.25) is 0 Å². The van der Waals surface area contributed by atoms with Crippen molar-refractivity contribution in [2.24, 2.45) is 0 Å². The van der Waals surface area contributed by atoms with E-state index in [2.05, 4.69) is 130 Å². The SMILES string of the molecule is CC/C=C\C/C=C\C/C=C\C/C=C\C/C=C\CCC(=O)OC(COC(=O)CCCC/C=C\C/C=C\C/C=C\CC)COC(=O)CCCCCCCCCCCC/C=C\C=C/CCCCC. The highest BCUT2D eigenvalue weighted by Crippen LogP contribution is 2.13. The van der Waals surface area contributed by atoms with Gasteiger partial charge in [-0.1, -0.05) is 206 Å². The second-order valence-corrected chi connectivity index (χ2v) is 16.7. The lowest BCUT2D eigenvalue weighted by Crippen LogP contribution is -2.30. The minimum atomic E-state index is -0.837. The standard InChI is InChI=1S/C59H94O6/c1-4-7-10-13-16-19-22-25-27-29-30-31-33-34-37-40-43-46-49-52-58(61)64-55-56(54-63-57(60)51-48-45-42-39-36-24-21-18-15-12-9-6-3)65-59(62)53-50-47-44-41-38-35-32-28-26-23-20-17-14-11-8-5-2/h8-9,11-12,16-22,25-26,28,35-36,38-39,44,47,56H,4-7,10,13-15,23-24,27,29-34,37,40-43,45-46,48-55H2,1-3H3/b11-8-,12-9-,19-16-,20-17-,21-18-,25-22-,28-26-,38-35-,39-36-,47-44-. The van der Waals surface area contributed by atoms with Gasteiger partial charge in [0.05, 0.1) is 0 Å². The van der Waals surface area contributed by atoms with E-state index in [9.17, 15) is 14.4 Å². The molecule has 0 aliphatic heterocycles. The first-order valence-corrected chi connectivity index (χ1v) is 26.1. The van der Waals surface area contributed by atoms with E-state index in [0.29, 0.717) is 19.3 Å². The van der Waals surface area contributed by atoms with E-state index in [0.717, 1.165) is 83.5 Å². The van der Waals surface area contributed by atoms with Crippen LogP contribution in [0.25, 0.3) is 0 Å². The molecule has 0 N–H and O–H groups in total. The van der Waals surface area contributed by atoms with Gasteiger partial charge in [-0.15, -0.1) is 0 Å². The van der Waals surface area contributed by atoms with Crippen molar-refractivity contribution in [1.29, 1.82) is 0 Å². The molecular formula is C59H94O6. The minimum absolute atomic E-state index is 0.125. The van der Waals surface area contributed by atoms with Crippen molar-refractivity contribution in [3.05, 3.63) is 122 Å². The van der Waals surface area contributed by atoms with Crippen LogP contribution in [0, 0.1) is 0 Å². The molecule has 0 aliphatic rings. The Bertz CT molecular complexity index is 1400. The highest BCUT2D eigenvalue weighted by Gasteiger charge is 2.19. The second-order valence-electron chi connectivity index (χ2n) is 16.7. The monoisotopic (exact) mass is 899 g/mol. The smallest absolute Gasteiger partial charge is 0.306 e. The van der Waals surface area contributed by atoms with Gasteiger partial charge in [0.1, 0.15) is 13.2 Å². The van der Waals surface area contributed by atoms with Crippen molar-refractivity contribution >= 4 is 17.9 Å².